The van der Waals surface area contributed by atoms with Crippen LogP contribution in [0.2, 0.25) is 0 Å². The van der Waals surface area contributed by atoms with Crippen LogP contribution in [-0.2, 0) is 11.8 Å². The number of nitrogens with one attached hydrogen (secondary N) is 1. The molecule has 1 aliphatic carbocycles. The largest absolute Gasteiger partial charge is 0.371 e. The second kappa shape index (κ2) is 8.24. The van der Waals surface area contributed by atoms with Crippen LogP contribution in [0.3, 0.4) is 0 Å². The molecule has 2 fully saturated rings. The molecule has 3 aromatic rings. The molecule has 5 heteroatoms. The fourth-order valence-electron chi connectivity index (χ4n) is 6.74. The molecule has 0 bridgehead atoms. The van der Waals surface area contributed by atoms with Crippen molar-refractivity contribution in [2.45, 2.75) is 64.3 Å². The van der Waals surface area contributed by atoms with E-state index < -0.39 is 0 Å². The molecule has 6 rings (SSSR count). The van der Waals surface area contributed by atoms with Crippen LogP contribution in [0.5, 0.6) is 0 Å². The van der Waals surface area contributed by atoms with Crippen molar-refractivity contribution in [1.82, 2.24) is 9.88 Å². The van der Waals surface area contributed by atoms with Crippen LogP contribution in [0.4, 0.5) is 5.69 Å². The summed E-state index contributed by atoms with van der Waals surface area (Å²) >= 11 is 0. The first-order valence-corrected chi connectivity index (χ1v) is 13.2. The van der Waals surface area contributed by atoms with Crippen molar-refractivity contribution in [3.63, 3.8) is 0 Å². The van der Waals surface area contributed by atoms with Gasteiger partial charge in [0.15, 0.2) is 5.78 Å². The number of fused-ring (bicyclic) bond motifs is 4. The third kappa shape index (κ3) is 3.42. The summed E-state index contributed by atoms with van der Waals surface area (Å²) in [6.07, 6.45) is 6.05. The van der Waals surface area contributed by atoms with Crippen molar-refractivity contribution in [2.75, 3.05) is 31.1 Å². The maximum Gasteiger partial charge on any atom is 0.195 e. The predicted molar refractivity (Wildman–Crippen MR) is 140 cm³/mol. The number of carbonyl (C=O) groups excluding carboxylic acids is 1. The van der Waals surface area contributed by atoms with Crippen LogP contribution in [0.25, 0.3) is 10.9 Å². The molecule has 2 saturated heterocycles. The van der Waals surface area contributed by atoms with Crippen molar-refractivity contribution < 1.29 is 4.79 Å². The zero-order valence-corrected chi connectivity index (χ0v) is 21.1. The second-order valence-corrected chi connectivity index (χ2v) is 11.0. The summed E-state index contributed by atoms with van der Waals surface area (Å²) in [5, 5.41) is 10.3. The number of benzene rings is 2. The number of aryl methyl sites for hydroxylation is 1. The number of hydrogen-bond acceptors (Lipinski definition) is 4. The number of aromatic amines is 1. The normalized spacial score (nSPS) is 20.2. The van der Waals surface area contributed by atoms with Crippen molar-refractivity contribution in [3.8, 4) is 6.07 Å². The maximum atomic E-state index is 13.9. The lowest BCUT2D eigenvalue weighted by Crippen LogP contribution is -2.44. The number of piperidine rings is 1. The SMILES string of the molecule is CCc1cc2c(cc1N1CCC(N3CCCC3)CC1)C(C)(C)c1[nH]c3cc(C#N)ccc3c1C2=O. The molecule has 0 unspecified atom stereocenters. The Morgan fingerprint density at radius 3 is 2.51 bits per heavy atom. The molecule has 0 radical (unpaired) electrons. The summed E-state index contributed by atoms with van der Waals surface area (Å²) in [6.45, 7) is 11.3. The van der Waals surface area contributed by atoms with Crippen molar-refractivity contribution >= 4 is 22.4 Å². The number of anilines is 1. The Morgan fingerprint density at radius 1 is 1.09 bits per heavy atom. The minimum Gasteiger partial charge on any atom is -0.371 e. The number of nitriles is 1. The highest BCUT2D eigenvalue weighted by molar-refractivity contribution is 6.20. The monoisotopic (exact) mass is 466 g/mol. The zero-order chi connectivity index (χ0) is 24.3. The lowest BCUT2D eigenvalue weighted by atomic mass is 9.70. The van der Waals surface area contributed by atoms with Crippen LogP contribution in [0.15, 0.2) is 30.3 Å². The van der Waals surface area contributed by atoms with Gasteiger partial charge >= 0.3 is 0 Å². The molecule has 3 heterocycles. The molecule has 180 valence electrons. The molecular weight excluding hydrogens is 432 g/mol. The zero-order valence-electron chi connectivity index (χ0n) is 21.1. The van der Waals surface area contributed by atoms with Gasteiger partial charge in [0.25, 0.3) is 0 Å². The van der Waals surface area contributed by atoms with Crippen LogP contribution >= 0.6 is 0 Å². The molecule has 2 aromatic carbocycles. The van der Waals surface area contributed by atoms with Gasteiger partial charge in [-0.3, -0.25) is 4.79 Å². The highest BCUT2D eigenvalue weighted by atomic mass is 16.1. The van der Waals surface area contributed by atoms with Gasteiger partial charge in [0.2, 0.25) is 0 Å². The number of rotatable bonds is 3. The van der Waals surface area contributed by atoms with Gasteiger partial charge in [-0.15, -0.1) is 0 Å². The van der Waals surface area contributed by atoms with Gasteiger partial charge in [-0.1, -0.05) is 26.8 Å². The van der Waals surface area contributed by atoms with E-state index in [2.05, 4.69) is 53.8 Å². The smallest absolute Gasteiger partial charge is 0.195 e. The lowest BCUT2D eigenvalue weighted by Gasteiger charge is -2.40. The number of carbonyl (C=O) groups is 1. The number of likely N-dealkylation sites (tertiary alicyclic amines) is 1. The summed E-state index contributed by atoms with van der Waals surface area (Å²) in [5.74, 6) is 0.0966. The Balaban J connectivity index is 1.40. The molecule has 1 N–H and O–H groups in total. The Labute approximate surface area is 207 Å². The summed E-state index contributed by atoms with van der Waals surface area (Å²) in [7, 11) is 0. The van der Waals surface area contributed by atoms with Crippen molar-refractivity contribution in [1.29, 1.82) is 5.26 Å². The lowest BCUT2D eigenvalue weighted by molar-refractivity contribution is 0.103. The second-order valence-electron chi connectivity index (χ2n) is 11.0. The third-order valence-corrected chi connectivity index (χ3v) is 8.76. The Bertz CT molecular complexity index is 1360. The van der Waals surface area contributed by atoms with Gasteiger partial charge in [0.1, 0.15) is 0 Å². The fraction of sp³-hybridized carbons (Fsp3) is 0.467. The van der Waals surface area contributed by atoms with E-state index >= 15 is 0 Å². The Kier molecular flexibility index (Phi) is 5.27. The molecule has 1 aromatic heterocycles. The van der Waals surface area contributed by atoms with E-state index in [0.29, 0.717) is 5.56 Å². The molecule has 5 nitrogen and oxygen atoms in total. The average Bonchev–Trinajstić information content (AvgIpc) is 3.55. The predicted octanol–water partition coefficient (Wildman–Crippen LogP) is 5.54. The van der Waals surface area contributed by atoms with E-state index in [0.717, 1.165) is 58.8 Å². The van der Waals surface area contributed by atoms with E-state index in [1.165, 1.54) is 50.0 Å². The Morgan fingerprint density at radius 2 is 1.83 bits per heavy atom. The summed E-state index contributed by atoms with van der Waals surface area (Å²) in [4.78, 5) is 22.7. The van der Waals surface area contributed by atoms with Crippen molar-refractivity contribution in [2.24, 2.45) is 0 Å². The molecule has 0 spiro atoms. The summed E-state index contributed by atoms with van der Waals surface area (Å²) in [6, 6.07) is 13.0. The average molecular weight is 467 g/mol. The van der Waals surface area contributed by atoms with Crippen LogP contribution in [0.1, 0.15) is 84.8 Å². The minimum atomic E-state index is -0.334. The van der Waals surface area contributed by atoms with Gasteiger partial charge in [0.05, 0.1) is 17.2 Å². The summed E-state index contributed by atoms with van der Waals surface area (Å²) in [5.41, 5.74) is 7.37. The minimum absolute atomic E-state index is 0.0966. The van der Waals surface area contributed by atoms with E-state index in [-0.39, 0.29) is 11.2 Å². The van der Waals surface area contributed by atoms with Gasteiger partial charge < -0.3 is 14.8 Å². The molecule has 0 amide bonds. The number of nitrogens with zero attached hydrogens (tertiary/aromatic N) is 3. The van der Waals surface area contributed by atoms with Gasteiger partial charge in [0, 0.05) is 52.4 Å². The first kappa shape index (κ1) is 22.4. The molecule has 2 aliphatic heterocycles. The number of ketones is 1. The van der Waals surface area contributed by atoms with Crippen LogP contribution < -0.4 is 4.90 Å². The number of H-pyrrole nitrogens is 1. The quantitative estimate of drug-likeness (QED) is 0.551. The van der Waals surface area contributed by atoms with E-state index in [1.807, 2.05) is 12.1 Å². The standard InChI is InChI=1S/C30H34N4O/c1-4-20-16-23-24(17-26(20)34-13-9-21(10-14-34)33-11-5-6-12-33)30(2,3)29-27(28(23)35)22-8-7-19(18-31)15-25(22)32-29/h7-8,15-17,21,32H,4-6,9-14H2,1-3H3. The van der Waals surface area contributed by atoms with Crippen molar-refractivity contribution in [3.05, 3.63) is 63.8 Å². The van der Waals surface area contributed by atoms with Crippen LogP contribution in [0, 0.1) is 11.3 Å². The summed E-state index contributed by atoms with van der Waals surface area (Å²) < 4.78 is 0. The number of hydrogen-bond donors (Lipinski definition) is 1. The first-order chi connectivity index (χ1) is 16.9. The molecule has 0 saturated carbocycles. The molecular formula is C30H34N4O. The van der Waals surface area contributed by atoms with Gasteiger partial charge in [-0.2, -0.15) is 5.26 Å². The third-order valence-electron chi connectivity index (χ3n) is 8.76. The highest BCUT2D eigenvalue weighted by Gasteiger charge is 2.40. The fourth-order valence-corrected chi connectivity index (χ4v) is 6.74. The van der Waals surface area contributed by atoms with Crippen LogP contribution in [-0.4, -0.2) is 47.9 Å². The highest BCUT2D eigenvalue weighted by Crippen LogP contribution is 2.46. The number of aromatic nitrogens is 1. The first-order valence-electron chi connectivity index (χ1n) is 13.2. The molecule has 0 atom stereocenters. The van der Waals surface area contributed by atoms with E-state index in [9.17, 15) is 10.1 Å². The van der Waals surface area contributed by atoms with E-state index in [4.69, 9.17) is 0 Å². The van der Waals surface area contributed by atoms with Gasteiger partial charge in [-0.05, 0) is 80.6 Å². The van der Waals surface area contributed by atoms with E-state index in [1.54, 1.807) is 6.07 Å². The van der Waals surface area contributed by atoms with Gasteiger partial charge in [-0.25, -0.2) is 0 Å². The maximum absolute atomic E-state index is 13.9. The molecule has 35 heavy (non-hydrogen) atoms. The topological polar surface area (TPSA) is 63.1 Å². The molecule has 3 aliphatic rings. The Hall–Kier alpha value is -3.10.